The highest BCUT2D eigenvalue weighted by atomic mass is 16.4. The first kappa shape index (κ1) is 27.7. The average Bonchev–Trinajstić information content (AvgIpc) is 3.08. The molecule has 1 aliphatic carbocycles. The molecule has 2 aromatic carbocycles. The van der Waals surface area contributed by atoms with Crippen molar-refractivity contribution in [2.45, 2.75) is 92.8 Å². The highest BCUT2D eigenvalue weighted by Gasteiger charge is 2.35. The zero-order valence-corrected chi connectivity index (χ0v) is 22.9. The van der Waals surface area contributed by atoms with Crippen LogP contribution in [-0.2, 0) is 24.3 Å². The minimum absolute atomic E-state index is 0.0106. The quantitative estimate of drug-likeness (QED) is 0.503. The van der Waals surface area contributed by atoms with E-state index in [9.17, 15) is 14.7 Å². The fraction of sp³-hybridized carbons (Fsp3) is 0.484. The number of carboxylic acids is 1. The minimum Gasteiger partial charge on any atom is -0.481 e. The summed E-state index contributed by atoms with van der Waals surface area (Å²) in [5.74, 6) is -0.844. The van der Waals surface area contributed by atoms with Crippen LogP contribution in [0.2, 0.25) is 0 Å². The lowest BCUT2D eigenvalue weighted by molar-refractivity contribution is -0.136. The lowest BCUT2D eigenvalue weighted by Crippen LogP contribution is -2.23. The van der Waals surface area contributed by atoms with Crippen LogP contribution in [0.15, 0.2) is 36.4 Å². The normalized spacial score (nSPS) is 16.7. The number of allylic oxidation sites excluding steroid dienone is 2. The van der Waals surface area contributed by atoms with Crippen LogP contribution in [0, 0.1) is 19.3 Å². The fourth-order valence-electron chi connectivity index (χ4n) is 5.08. The van der Waals surface area contributed by atoms with Crippen LogP contribution in [0.1, 0.15) is 97.6 Å². The van der Waals surface area contributed by atoms with E-state index in [0.29, 0.717) is 18.7 Å². The van der Waals surface area contributed by atoms with E-state index in [0.717, 1.165) is 52.6 Å². The minimum atomic E-state index is -0.855. The molecule has 0 saturated heterocycles. The Morgan fingerprint density at radius 2 is 1.67 bits per heavy atom. The highest BCUT2D eigenvalue weighted by Crippen LogP contribution is 2.43. The van der Waals surface area contributed by atoms with Crippen molar-refractivity contribution < 1.29 is 19.8 Å². The Balaban J connectivity index is 0.000000658. The van der Waals surface area contributed by atoms with E-state index in [1.54, 1.807) is 20.8 Å². The third-order valence-corrected chi connectivity index (χ3v) is 6.95. The number of nitrogens with zero attached hydrogens (tertiary/aromatic N) is 1. The van der Waals surface area contributed by atoms with E-state index in [1.165, 1.54) is 5.57 Å². The molecule has 5 heteroatoms. The number of amides is 1. The summed E-state index contributed by atoms with van der Waals surface area (Å²) in [7, 11) is 0. The predicted octanol–water partition coefficient (Wildman–Crippen LogP) is 6.46. The summed E-state index contributed by atoms with van der Waals surface area (Å²) in [5, 5.41) is 18.2. The van der Waals surface area contributed by atoms with Gasteiger partial charge in [0.05, 0.1) is 12.0 Å². The summed E-state index contributed by atoms with van der Waals surface area (Å²) in [5.41, 5.74) is 7.69. The van der Waals surface area contributed by atoms with Crippen LogP contribution >= 0.6 is 0 Å². The standard InChI is InChI=1S/C27H31NO3.C4H10O/c1-17-21(14-23(29)30)24(20-10-12-27(3,4)13-11-20)18(2)22-16-28(26(31)25(17)22)15-19-8-6-5-7-9-19;1-4(2,3)5/h5-10H,11-16H2,1-4H3,(H,29,30);5H,1-3H3. The van der Waals surface area contributed by atoms with Gasteiger partial charge in [-0.3, -0.25) is 9.59 Å². The summed E-state index contributed by atoms with van der Waals surface area (Å²) < 4.78 is 0. The molecule has 1 aliphatic heterocycles. The third-order valence-electron chi connectivity index (χ3n) is 6.95. The second kappa shape index (κ2) is 10.6. The van der Waals surface area contributed by atoms with Gasteiger partial charge in [0.15, 0.2) is 0 Å². The molecule has 0 fully saturated rings. The van der Waals surface area contributed by atoms with Gasteiger partial charge in [-0.1, -0.05) is 50.3 Å². The third kappa shape index (κ3) is 6.64. The number of carbonyl (C=O) groups is 2. The van der Waals surface area contributed by atoms with Gasteiger partial charge in [0.25, 0.3) is 5.91 Å². The Hall–Kier alpha value is -2.92. The topological polar surface area (TPSA) is 77.8 Å². The monoisotopic (exact) mass is 491 g/mol. The van der Waals surface area contributed by atoms with E-state index >= 15 is 0 Å². The molecule has 2 aliphatic rings. The van der Waals surface area contributed by atoms with Gasteiger partial charge in [0, 0.05) is 18.7 Å². The van der Waals surface area contributed by atoms with E-state index in [1.807, 2.05) is 42.2 Å². The number of fused-ring (bicyclic) bond motifs is 1. The molecular weight excluding hydrogens is 450 g/mol. The molecule has 0 saturated carbocycles. The lowest BCUT2D eigenvalue weighted by atomic mass is 9.74. The van der Waals surface area contributed by atoms with Gasteiger partial charge in [-0.05, 0) is 98.2 Å². The van der Waals surface area contributed by atoms with Crippen LogP contribution in [-0.4, -0.2) is 32.6 Å². The molecule has 1 amide bonds. The van der Waals surface area contributed by atoms with Gasteiger partial charge in [-0.15, -0.1) is 0 Å². The van der Waals surface area contributed by atoms with Crippen molar-refractivity contribution in [2.24, 2.45) is 5.41 Å². The van der Waals surface area contributed by atoms with Crippen molar-refractivity contribution in [2.75, 3.05) is 0 Å². The second-order valence-electron chi connectivity index (χ2n) is 11.9. The van der Waals surface area contributed by atoms with Crippen LogP contribution < -0.4 is 0 Å². The Kier molecular flexibility index (Phi) is 8.14. The predicted molar refractivity (Wildman–Crippen MR) is 145 cm³/mol. The number of rotatable bonds is 5. The molecule has 0 aromatic heterocycles. The zero-order valence-electron chi connectivity index (χ0n) is 22.9. The summed E-state index contributed by atoms with van der Waals surface area (Å²) in [6.07, 6.45) is 5.26. The van der Waals surface area contributed by atoms with Gasteiger partial charge in [0.1, 0.15) is 0 Å². The van der Waals surface area contributed by atoms with E-state index in [-0.39, 0.29) is 17.7 Å². The number of aliphatic carboxylic acids is 1. The summed E-state index contributed by atoms with van der Waals surface area (Å²) in [4.78, 5) is 27.0. The number of carbonyl (C=O) groups excluding carboxylic acids is 1. The molecule has 36 heavy (non-hydrogen) atoms. The largest absolute Gasteiger partial charge is 0.481 e. The summed E-state index contributed by atoms with van der Waals surface area (Å²) in [6.45, 7) is 14.9. The SMILES string of the molecule is CC(C)(C)O.Cc1c(CC(=O)O)c(C2=CCC(C)(C)CC2)c(C)c2c1C(=O)N(Cc1ccccc1)C2. The van der Waals surface area contributed by atoms with Crippen molar-refractivity contribution in [1.82, 2.24) is 4.90 Å². The van der Waals surface area contributed by atoms with E-state index < -0.39 is 11.6 Å². The summed E-state index contributed by atoms with van der Waals surface area (Å²) >= 11 is 0. The average molecular weight is 492 g/mol. The van der Waals surface area contributed by atoms with Gasteiger partial charge >= 0.3 is 5.97 Å². The van der Waals surface area contributed by atoms with Gasteiger partial charge < -0.3 is 15.1 Å². The molecule has 0 bridgehead atoms. The fourth-order valence-corrected chi connectivity index (χ4v) is 5.08. The number of carboxylic acid groups (broad SMARTS) is 1. The first-order valence-corrected chi connectivity index (χ1v) is 12.8. The van der Waals surface area contributed by atoms with Crippen LogP contribution in [0.3, 0.4) is 0 Å². The number of aliphatic hydroxyl groups is 1. The van der Waals surface area contributed by atoms with Gasteiger partial charge in [-0.2, -0.15) is 0 Å². The van der Waals surface area contributed by atoms with Gasteiger partial charge in [0.2, 0.25) is 0 Å². The van der Waals surface area contributed by atoms with E-state index in [2.05, 4.69) is 26.8 Å². The van der Waals surface area contributed by atoms with Crippen molar-refractivity contribution in [1.29, 1.82) is 0 Å². The lowest BCUT2D eigenvalue weighted by Gasteiger charge is -2.31. The van der Waals surface area contributed by atoms with Crippen molar-refractivity contribution in [3.63, 3.8) is 0 Å². The molecule has 0 atom stereocenters. The first-order valence-electron chi connectivity index (χ1n) is 12.8. The van der Waals surface area contributed by atoms with Crippen LogP contribution in [0.25, 0.3) is 5.57 Å². The molecule has 4 rings (SSSR count). The van der Waals surface area contributed by atoms with Crippen molar-refractivity contribution >= 4 is 17.4 Å². The number of hydrogen-bond acceptors (Lipinski definition) is 3. The molecular formula is C31H41NO4. The maximum atomic E-state index is 13.3. The van der Waals surface area contributed by atoms with Crippen molar-refractivity contribution in [3.8, 4) is 0 Å². The molecule has 0 unspecified atom stereocenters. The Bertz CT molecular complexity index is 1160. The molecule has 0 radical (unpaired) electrons. The second-order valence-corrected chi connectivity index (χ2v) is 11.9. The zero-order chi connectivity index (χ0) is 26.8. The van der Waals surface area contributed by atoms with Gasteiger partial charge in [-0.25, -0.2) is 0 Å². The molecule has 1 heterocycles. The molecule has 2 aromatic rings. The first-order chi connectivity index (χ1) is 16.7. The Morgan fingerprint density at radius 3 is 2.19 bits per heavy atom. The smallest absolute Gasteiger partial charge is 0.307 e. The van der Waals surface area contributed by atoms with Crippen LogP contribution in [0.5, 0.6) is 0 Å². The molecule has 2 N–H and O–H groups in total. The highest BCUT2D eigenvalue weighted by molar-refractivity contribution is 6.02. The maximum absolute atomic E-state index is 13.3. The molecule has 5 nitrogen and oxygen atoms in total. The van der Waals surface area contributed by atoms with Crippen LogP contribution in [0.4, 0.5) is 0 Å². The maximum Gasteiger partial charge on any atom is 0.307 e. The molecule has 194 valence electrons. The van der Waals surface area contributed by atoms with Crippen molar-refractivity contribution in [3.05, 3.63) is 75.4 Å². The number of benzene rings is 2. The Morgan fingerprint density at radius 1 is 1.06 bits per heavy atom. The Labute approximate surface area is 215 Å². The number of hydrogen-bond donors (Lipinski definition) is 2. The summed E-state index contributed by atoms with van der Waals surface area (Å²) in [6, 6.07) is 10.0. The molecule has 0 spiro atoms. The van der Waals surface area contributed by atoms with E-state index in [4.69, 9.17) is 5.11 Å².